The summed E-state index contributed by atoms with van der Waals surface area (Å²) in [5.74, 6) is -0.582. The summed E-state index contributed by atoms with van der Waals surface area (Å²) in [6.45, 7) is 14.2. The summed E-state index contributed by atoms with van der Waals surface area (Å²) < 4.78 is 66.2. The minimum atomic E-state index is -0.837. The monoisotopic (exact) mass is 759 g/mol. The number of carbonyl (C=O) groups is 1. The predicted octanol–water partition coefficient (Wildman–Crippen LogP) is 4.73. The first-order valence-corrected chi connectivity index (χ1v) is 20.9. The predicted molar refractivity (Wildman–Crippen MR) is 198 cm³/mol. The highest BCUT2D eigenvalue weighted by Gasteiger charge is 2.59. The van der Waals surface area contributed by atoms with Crippen LogP contribution in [0.3, 0.4) is 0 Å². The normalized spacial score (nSPS) is 49.2. The van der Waals surface area contributed by atoms with Crippen LogP contribution in [-0.2, 0) is 52.2 Å². The van der Waals surface area contributed by atoms with Gasteiger partial charge in [0, 0.05) is 65.2 Å². The SMILES string of the molecule is C=C1C[C@@H]2CC[C@@]34CCOC5[C@@H](O3)[C@H]3O[C@H](CC[C@@H]3O[C@H]5[C@H](C)O4)CC(=O)C[C@@H]3[C@@H](OC)[C@@H](C[C@@H](CN)OC)O[C@H]3C[C@H]3O[C@@H](CC[C@@H]1O2)C[C@@H](C)C3=C. The lowest BCUT2D eigenvalue weighted by atomic mass is 9.81. The first-order valence-electron chi connectivity index (χ1n) is 20.9. The lowest BCUT2D eigenvalue weighted by Gasteiger charge is -2.48. The van der Waals surface area contributed by atoms with E-state index in [9.17, 15) is 4.79 Å². The van der Waals surface area contributed by atoms with Gasteiger partial charge in [0.1, 0.15) is 30.2 Å². The van der Waals surface area contributed by atoms with Crippen molar-refractivity contribution in [2.24, 2.45) is 17.6 Å². The number of methoxy groups -OCH3 is 2. The van der Waals surface area contributed by atoms with Crippen LogP contribution in [-0.4, -0.2) is 131 Å². The van der Waals surface area contributed by atoms with Crippen LogP contribution in [0.1, 0.15) is 97.3 Å². The molecule has 8 aliphatic heterocycles. The van der Waals surface area contributed by atoms with Crippen molar-refractivity contribution in [1.29, 1.82) is 0 Å². The Balaban J connectivity index is 1.08. The Morgan fingerprint density at radius 1 is 0.796 bits per heavy atom. The summed E-state index contributed by atoms with van der Waals surface area (Å²) >= 11 is 0. The topological polar surface area (TPSA) is 135 Å². The Labute approximate surface area is 321 Å². The Bertz CT molecular complexity index is 1360. The van der Waals surface area contributed by atoms with Crippen molar-refractivity contribution in [2.75, 3.05) is 27.4 Å². The van der Waals surface area contributed by atoms with E-state index in [1.165, 1.54) is 0 Å². The van der Waals surface area contributed by atoms with Crippen molar-refractivity contribution < 1.29 is 52.2 Å². The number of hydrogen-bond donors (Lipinski definition) is 1. The van der Waals surface area contributed by atoms with Crippen molar-refractivity contribution in [3.8, 4) is 0 Å². The lowest BCUT2D eigenvalue weighted by Crippen LogP contribution is -2.63. The van der Waals surface area contributed by atoms with E-state index in [-0.39, 0.29) is 103 Å². The molecule has 8 saturated heterocycles. The van der Waals surface area contributed by atoms with Crippen LogP contribution in [0.15, 0.2) is 24.3 Å². The molecule has 8 fully saturated rings. The van der Waals surface area contributed by atoms with E-state index in [4.69, 9.17) is 53.1 Å². The molecule has 54 heavy (non-hydrogen) atoms. The van der Waals surface area contributed by atoms with Gasteiger partial charge in [-0.2, -0.15) is 0 Å². The fourth-order valence-corrected chi connectivity index (χ4v) is 11.1. The summed E-state index contributed by atoms with van der Waals surface area (Å²) in [7, 11) is 3.38. The molecule has 0 radical (unpaired) electrons. The Morgan fingerprint density at radius 3 is 2.39 bits per heavy atom. The van der Waals surface area contributed by atoms with E-state index < -0.39 is 5.79 Å². The molecule has 8 rings (SSSR count). The molecule has 0 aromatic heterocycles. The molecular formula is C42H65NO11. The molecule has 304 valence electrons. The lowest BCUT2D eigenvalue weighted by molar-refractivity contribution is -0.290. The highest BCUT2D eigenvalue weighted by atomic mass is 16.7. The number of Topliss-reactive ketones (excluding diaryl/α,β-unsaturated/α-hetero) is 1. The van der Waals surface area contributed by atoms with E-state index in [0.29, 0.717) is 57.6 Å². The third kappa shape index (κ3) is 7.93. The van der Waals surface area contributed by atoms with Crippen LogP contribution < -0.4 is 5.73 Å². The first-order chi connectivity index (χ1) is 26.1. The van der Waals surface area contributed by atoms with Crippen molar-refractivity contribution in [1.82, 2.24) is 0 Å². The molecule has 12 heteroatoms. The van der Waals surface area contributed by atoms with E-state index in [1.54, 1.807) is 14.2 Å². The minimum absolute atomic E-state index is 0.0152. The zero-order chi connectivity index (χ0) is 37.7. The molecule has 1 unspecified atom stereocenters. The van der Waals surface area contributed by atoms with Gasteiger partial charge in [-0.15, -0.1) is 0 Å². The smallest absolute Gasteiger partial charge is 0.171 e. The molecule has 0 saturated carbocycles. The number of hydrogen-bond acceptors (Lipinski definition) is 12. The average molecular weight is 760 g/mol. The molecule has 18 atom stereocenters. The Kier molecular flexibility index (Phi) is 12.1. The second kappa shape index (κ2) is 16.5. The largest absolute Gasteiger partial charge is 0.380 e. The molecule has 0 aromatic rings. The number of fused-ring (bicyclic) bond motifs is 6. The average Bonchev–Trinajstić information content (AvgIpc) is 3.57. The quantitative estimate of drug-likeness (QED) is 0.389. The van der Waals surface area contributed by atoms with E-state index in [2.05, 4.69) is 27.0 Å². The fourth-order valence-electron chi connectivity index (χ4n) is 11.1. The van der Waals surface area contributed by atoms with E-state index in [1.807, 2.05) is 0 Å². The molecule has 12 nitrogen and oxygen atoms in total. The third-order valence-corrected chi connectivity index (χ3v) is 14.1. The van der Waals surface area contributed by atoms with Gasteiger partial charge >= 0.3 is 0 Å². The van der Waals surface area contributed by atoms with Crippen molar-refractivity contribution >= 4 is 5.78 Å². The second-order valence-corrected chi connectivity index (χ2v) is 17.6. The highest BCUT2D eigenvalue weighted by molar-refractivity contribution is 5.79. The van der Waals surface area contributed by atoms with E-state index in [0.717, 1.165) is 56.1 Å². The molecule has 0 amide bonds. The van der Waals surface area contributed by atoms with Gasteiger partial charge in [-0.3, -0.25) is 4.79 Å². The number of ketones is 1. The van der Waals surface area contributed by atoms with Crippen LogP contribution in [0.4, 0.5) is 0 Å². The van der Waals surface area contributed by atoms with Crippen LogP contribution in [0, 0.1) is 11.8 Å². The molecule has 2 N–H and O–H groups in total. The van der Waals surface area contributed by atoms with E-state index >= 15 is 0 Å². The molecule has 0 spiro atoms. The fraction of sp³-hybridized carbons (Fsp3) is 0.881. The summed E-state index contributed by atoms with van der Waals surface area (Å²) in [5, 5.41) is 0. The number of rotatable bonds is 5. The number of nitrogens with two attached hydrogens (primary N) is 1. The van der Waals surface area contributed by atoms with Crippen molar-refractivity contribution in [3.05, 3.63) is 24.3 Å². The third-order valence-electron chi connectivity index (χ3n) is 14.1. The maximum absolute atomic E-state index is 14.2. The van der Waals surface area contributed by atoms with Crippen LogP contribution in [0.5, 0.6) is 0 Å². The van der Waals surface area contributed by atoms with Gasteiger partial charge in [-0.1, -0.05) is 20.1 Å². The number of ether oxygens (including phenoxy) is 10. The standard InChI is InChI=1S/C42H65NO11/c1-22-15-27-7-9-32-23(2)16-29(48-32)11-12-42-13-14-47-40-37(25(4)53-42)52-33-10-8-28(50-39(33)41(40)54-42)17-26(44)18-31-35(20-34(49-27)24(22)3)51-36(38(31)46-6)19-30(21-43)45-5/h22,25,27-41H,2-3,7-21,43H2,1,4-6H3/t22-,25+,27+,28-,29+,30+,31+,32+,33+,34-,35+,36-,37+,38-,39+,40?,41+,42+/m1/s1. The maximum Gasteiger partial charge on any atom is 0.171 e. The highest BCUT2D eigenvalue weighted by Crippen LogP contribution is 2.47. The zero-order valence-electron chi connectivity index (χ0n) is 32.9. The molecule has 8 heterocycles. The van der Waals surface area contributed by atoms with Gasteiger partial charge < -0.3 is 53.1 Å². The van der Waals surface area contributed by atoms with Gasteiger partial charge in [0.05, 0.1) is 73.8 Å². The molecule has 8 aliphatic rings. The summed E-state index contributed by atoms with van der Waals surface area (Å²) in [6, 6.07) is 0. The minimum Gasteiger partial charge on any atom is -0.380 e. The zero-order valence-corrected chi connectivity index (χ0v) is 32.9. The molecular weight excluding hydrogens is 694 g/mol. The first kappa shape index (κ1) is 39.5. The second-order valence-electron chi connectivity index (χ2n) is 17.6. The molecule has 0 aromatic carbocycles. The van der Waals surface area contributed by atoms with Crippen molar-refractivity contribution in [2.45, 2.75) is 195 Å². The van der Waals surface area contributed by atoms with Crippen molar-refractivity contribution in [3.63, 3.8) is 0 Å². The summed E-state index contributed by atoms with van der Waals surface area (Å²) in [6.07, 6.45) is 5.81. The molecule has 0 aliphatic carbocycles. The summed E-state index contributed by atoms with van der Waals surface area (Å²) in [4.78, 5) is 14.2. The van der Waals surface area contributed by atoms with Gasteiger partial charge in [0.25, 0.3) is 0 Å². The van der Waals surface area contributed by atoms with Crippen LogP contribution in [0.25, 0.3) is 0 Å². The van der Waals surface area contributed by atoms with Crippen LogP contribution >= 0.6 is 0 Å². The van der Waals surface area contributed by atoms with Gasteiger partial charge in [-0.25, -0.2) is 0 Å². The number of carbonyl (C=O) groups excluding carboxylic acids is 1. The summed E-state index contributed by atoms with van der Waals surface area (Å²) in [5.41, 5.74) is 8.28. The van der Waals surface area contributed by atoms with Gasteiger partial charge in [-0.05, 0) is 68.9 Å². The Morgan fingerprint density at radius 2 is 1.59 bits per heavy atom. The van der Waals surface area contributed by atoms with Gasteiger partial charge in [0.2, 0.25) is 0 Å². The molecule has 10 bridgehead atoms. The van der Waals surface area contributed by atoms with Gasteiger partial charge in [0.15, 0.2) is 5.79 Å². The maximum atomic E-state index is 14.2. The Hall–Kier alpha value is -1.29. The van der Waals surface area contributed by atoms with Crippen LogP contribution in [0.2, 0.25) is 0 Å².